The molecule has 5 nitrogen and oxygen atoms in total. The predicted octanol–water partition coefficient (Wildman–Crippen LogP) is 3.52. The molecule has 0 aromatic heterocycles. The van der Waals surface area contributed by atoms with E-state index in [9.17, 15) is 4.79 Å². The van der Waals surface area contributed by atoms with Crippen LogP contribution in [0.5, 0.6) is 17.2 Å². The Morgan fingerprint density at radius 2 is 1.61 bits per heavy atom. The Morgan fingerprint density at radius 1 is 0.913 bits per heavy atom. The highest BCUT2D eigenvalue weighted by atomic mass is 16.5. The fourth-order valence-corrected chi connectivity index (χ4v) is 1.99. The first-order chi connectivity index (χ1) is 11.2. The van der Waals surface area contributed by atoms with Crippen LogP contribution in [0, 0.1) is 0 Å². The summed E-state index contributed by atoms with van der Waals surface area (Å²) in [5.74, 6) is 1.89. The van der Waals surface area contributed by atoms with Crippen LogP contribution in [0.1, 0.15) is 10.4 Å². The van der Waals surface area contributed by atoms with Gasteiger partial charge in [-0.1, -0.05) is 0 Å². The number of ether oxygens (including phenoxy) is 3. The number of benzene rings is 2. The molecular weight excluding hydrogens is 294 g/mol. The quantitative estimate of drug-likeness (QED) is 0.626. The topological polar surface area (TPSA) is 56.8 Å². The van der Waals surface area contributed by atoms with E-state index in [0.717, 1.165) is 5.69 Å². The SMILES string of the molecule is COc1ccc(C(=O)/C=C/Nc2ccc(OC)c(OC)c2)cc1. The van der Waals surface area contributed by atoms with Crippen molar-refractivity contribution in [2.75, 3.05) is 26.6 Å². The lowest BCUT2D eigenvalue weighted by atomic mass is 10.1. The monoisotopic (exact) mass is 313 g/mol. The Bertz CT molecular complexity index is 693. The summed E-state index contributed by atoms with van der Waals surface area (Å²) >= 11 is 0. The van der Waals surface area contributed by atoms with Crippen LogP contribution in [0.15, 0.2) is 54.7 Å². The van der Waals surface area contributed by atoms with Crippen LogP contribution in [-0.2, 0) is 0 Å². The van der Waals surface area contributed by atoms with Crippen molar-refractivity contribution in [3.8, 4) is 17.2 Å². The van der Waals surface area contributed by atoms with E-state index in [1.54, 1.807) is 63.9 Å². The molecule has 23 heavy (non-hydrogen) atoms. The van der Waals surface area contributed by atoms with Gasteiger partial charge < -0.3 is 19.5 Å². The number of carbonyl (C=O) groups excluding carboxylic acids is 1. The summed E-state index contributed by atoms with van der Waals surface area (Å²) in [6.07, 6.45) is 3.06. The van der Waals surface area contributed by atoms with Crippen LogP contribution in [0.2, 0.25) is 0 Å². The average molecular weight is 313 g/mol. The number of hydrogen-bond acceptors (Lipinski definition) is 5. The van der Waals surface area contributed by atoms with Crippen molar-refractivity contribution in [1.82, 2.24) is 0 Å². The number of nitrogens with one attached hydrogen (secondary N) is 1. The number of allylic oxidation sites excluding steroid dienone is 1. The molecule has 0 aliphatic rings. The van der Waals surface area contributed by atoms with Crippen LogP contribution in [0.3, 0.4) is 0 Å². The lowest BCUT2D eigenvalue weighted by molar-refractivity contribution is 0.104. The first-order valence-corrected chi connectivity index (χ1v) is 7.01. The third kappa shape index (κ3) is 4.26. The van der Waals surface area contributed by atoms with Crippen LogP contribution < -0.4 is 19.5 Å². The highest BCUT2D eigenvalue weighted by molar-refractivity contribution is 6.04. The summed E-state index contributed by atoms with van der Waals surface area (Å²) < 4.78 is 15.5. The predicted molar refractivity (Wildman–Crippen MR) is 89.6 cm³/mol. The van der Waals surface area contributed by atoms with Gasteiger partial charge in [0.05, 0.1) is 21.3 Å². The highest BCUT2D eigenvalue weighted by Crippen LogP contribution is 2.29. The van der Waals surface area contributed by atoms with Crippen LogP contribution in [0.4, 0.5) is 5.69 Å². The van der Waals surface area contributed by atoms with Gasteiger partial charge in [0, 0.05) is 29.6 Å². The second kappa shape index (κ2) is 7.89. The number of carbonyl (C=O) groups is 1. The minimum atomic E-state index is -0.0966. The molecule has 120 valence electrons. The zero-order valence-electron chi connectivity index (χ0n) is 13.3. The molecule has 2 aromatic carbocycles. The molecule has 5 heteroatoms. The normalized spacial score (nSPS) is 10.4. The van der Waals surface area contributed by atoms with Crippen molar-refractivity contribution >= 4 is 11.5 Å². The van der Waals surface area contributed by atoms with E-state index in [-0.39, 0.29) is 5.78 Å². The molecule has 0 heterocycles. The van der Waals surface area contributed by atoms with Crippen molar-refractivity contribution < 1.29 is 19.0 Å². The third-order valence-corrected chi connectivity index (χ3v) is 3.24. The lowest BCUT2D eigenvalue weighted by Crippen LogP contribution is -1.97. The van der Waals surface area contributed by atoms with Gasteiger partial charge in [-0.15, -0.1) is 0 Å². The van der Waals surface area contributed by atoms with E-state index >= 15 is 0 Å². The van der Waals surface area contributed by atoms with Crippen molar-refractivity contribution in [2.45, 2.75) is 0 Å². The first kappa shape index (κ1) is 16.4. The summed E-state index contributed by atoms with van der Waals surface area (Å²) in [5, 5.41) is 3.03. The molecule has 0 saturated carbocycles. The van der Waals surface area contributed by atoms with Gasteiger partial charge >= 0.3 is 0 Å². The fraction of sp³-hybridized carbons (Fsp3) is 0.167. The van der Waals surface area contributed by atoms with Crippen molar-refractivity contribution in [3.05, 3.63) is 60.3 Å². The molecule has 0 aliphatic carbocycles. The maximum absolute atomic E-state index is 12.0. The first-order valence-electron chi connectivity index (χ1n) is 7.01. The van der Waals surface area contributed by atoms with Gasteiger partial charge in [0.15, 0.2) is 17.3 Å². The lowest BCUT2D eigenvalue weighted by Gasteiger charge is -2.09. The Hall–Kier alpha value is -2.95. The Labute approximate surface area is 135 Å². The number of anilines is 1. The second-order valence-electron chi connectivity index (χ2n) is 4.64. The van der Waals surface area contributed by atoms with E-state index in [0.29, 0.717) is 22.8 Å². The Kier molecular flexibility index (Phi) is 5.63. The molecule has 1 N–H and O–H groups in total. The smallest absolute Gasteiger partial charge is 0.187 e. The molecule has 0 radical (unpaired) electrons. The maximum atomic E-state index is 12.0. The van der Waals surface area contributed by atoms with Gasteiger partial charge in [0.2, 0.25) is 0 Å². The number of hydrogen-bond donors (Lipinski definition) is 1. The maximum Gasteiger partial charge on any atom is 0.187 e. The zero-order chi connectivity index (χ0) is 16.7. The Balaban J connectivity index is 2.01. The minimum Gasteiger partial charge on any atom is -0.497 e. The van der Waals surface area contributed by atoms with Gasteiger partial charge in [0.25, 0.3) is 0 Å². The van der Waals surface area contributed by atoms with Crippen LogP contribution in [0.25, 0.3) is 0 Å². The van der Waals surface area contributed by atoms with Crippen molar-refractivity contribution in [1.29, 1.82) is 0 Å². The molecule has 0 unspecified atom stereocenters. The van der Waals surface area contributed by atoms with E-state index in [4.69, 9.17) is 14.2 Å². The highest BCUT2D eigenvalue weighted by Gasteiger charge is 2.04. The summed E-state index contributed by atoms with van der Waals surface area (Å²) in [7, 11) is 4.74. The molecule has 0 bridgehead atoms. The van der Waals surface area contributed by atoms with E-state index < -0.39 is 0 Å². The molecule has 0 fully saturated rings. The number of ketones is 1. The van der Waals surface area contributed by atoms with Crippen LogP contribution >= 0.6 is 0 Å². The Morgan fingerprint density at radius 3 is 2.22 bits per heavy atom. The van der Waals surface area contributed by atoms with Gasteiger partial charge in [0.1, 0.15) is 5.75 Å². The number of methoxy groups -OCH3 is 3. The molecular formula is C18H19NO4. The van der Waals surface area contributed by atoms with Gasteiger partial charge in [-0.25, -0.2) is 0 Å². The molecule has 0 atom stereocenters. The molecule has 0 spiro atoms. The second-order valence-corrected chi connectivity index (χ2v) is 4.64. The summed E-state index contributed by atoms with van der Waals surface area (Å²) in [4.78, 5) is 12.0. The summed E-state index contributed by atoms with van der Waals surface area (Å²) in [5.41, 5.74) is 1.39. The van der Waals surface area contributed by atoms with Gasteiger partial charge in [-0.2, -0.15) is 0 Å². The molecule has 2 rings (SSSR count). The third-order valence-electron chi connectivity index (χ3n) is 3.24. The standard InChI is InChI=1S/C18H19NO4/c1-21-15-7-4-13(5-8-15)16(20)10-11-19-14-6-9-17(22-2)18(12-14)23-3/h4-12,19H,1-3H3/b11-10+. The van der Waals surface area contributed by atoms with Gasteiger partial charge in [-0.3, -0.25) is 4.79 Å². The number of rotatable bonds is 7. The van der Waals surface area contributed by atoms with E-state index in [1.165, 1.54) is 6.08 Å². The summed E-state index contributed by atoms with van der Waals surface area (Å²) in [6, 6.07) is 12.4. The molecule has 2 aromatic rings. The zero-order valence-corrected chi connectivity index (χ0v) is 13.3. The summed E-state index contributed by atoms with van der Waals surface area (Å²) in [6.45, 7) is 0. The van der Waals surface area contributed by atoms with Crippen molar-refractivity contribution in [3.63, 3.8) is 0 Å². The average Bonchev–Trinajstić information content (AvgIpc) is 2.61. The van der Waals surface area contributed by atoms with Crippen LogP contribution in [-0.4, -0.2) is 27.1 Å². The largest absolute Gasteiger partial charge is 0.497 e. The molecule has 0 aliphatic heterocycles. The van der Waals surface area contributed by atoms with E-state index in [2.05, 4.69) is 5.32 Å². The minimum absolute atomic E-state index is 0.0966. The van der Waals surface area contributed by atoms with Crippen molar-refractivity contribution in [2.24, 2.45) is 0 Å². The molecule has 0 saturated heterocycles. The molecule has 0 amide bonds. The fourth-order valence-electron chi connectivity index (χ4n) is 1.99. The van der Waals surface area contributed by atoms with Gasteiger partial charge in [-0.05, 0) is 36.4 Å². The van der Waals surface area contributed by atoms with E-state index in [1.807, 2.05) is 6.07 Å².